The molecule has 1 rings (SSSR count). The minimum Gasteiger partial charge on any atom is -0.480 e. The number of carboxylic acids is 1. The van der Waals surface area contributed by atoms with Crippen LogP contribution >= 0.6 is 0 Å². The van der Waals surface area contributed by atoms with Crippen molar-refractivity contribution in [2.24, 2.45) is 5.73 Å². The van der Waals surface area contributed by atoms with Gasteiger partial charge < -0.3 is 21.5 Å². The van der Waals surface area contributed by atoms with Crippen molar-refractivity contribution in [3.8, 4) is 0 Å². The molecule has 1 aromatic rings. The molecule has 2 atom stereocenters. The quantitative estimate of drug-likeness (QED) is 0.304. The molecule has 0 aliphatic carbocycles. The first-order valence-electron chi connectivity index (χ1n) is 10.9. The first kappa shape index (κ1) is 25.6. The fourth-order valence-corrected chi connectivity index (χ4v) is 3.21. The lowest BCUT2D eigenvalue weighted by atomic mass is 10.0. The number of aliphatic carboxylic acids is 1. The predicted octanol–water partition coefficient (Wildman–Crippen LogP) is 2.63. The highest BCUT2D eigenvalue weighted by Gasteiger charge is 2.20. The molecule has 0 spiro atoms. The molecule has 8 nitrogen and oxygen atoms in total. The molecule has 5 N–H and O–H groups in total. The van der Waals surface area contributed by atoms with E-state index < -0.39 is 12.0 Å². The number of unbranched alkanes of at least 4 members (excludes halogenated alkanes) is 3. The van der Waals surface area contributed by atoms with Crippen molar-refractivity contribution in [3.63, 3.8) is 0 Å². The molecule has 0 aromatic carbocycles. The minimum atomic E-state index is -1.03. The number of nitrogens with two attached hydrogens (primary N) is 1. The number of rotatable bonds is 16. The van der Waals surface area contributed by atoms with E-state index in [2.05, 4.69) is 22.5 Å². The van der Waals surface area contributed by atoms with Crippen molar-refractivity contribution in [1.29, 1.82) is 0 Å². The molecule has 0 radical (unpaired) electrons. The van der Waals surface area contributed by atoms with E-state index in [0.29, 0.717) is 37.9 Å². The van der Waals surface area contributed by atoms with Crippen molar-refractivity contribution in [1.82, 2.24) is 15.6 Å². The Morgan fingerprint density at radius 1 is 1.03 bits per heavy atom. The van der Waals surface area contributed by atoms with Crippen LogP contribution in [0.15, 0.2) is 24.4 Å². The van der Waals surface area contributed by atoms with Gasteiger partial charge in [-0.05, 0) is 57.2 Å². The Bertz CT molecular complexity index is 639. The third kappa shape index (κ3) is 10.9. The smallest absolute Gasteiger partial charge is 0.326 e. The zero-order valence-corrected chi connectivity index (χ0v) is 17.9. The second-order valence-corrected chi connectivity index (χ2v) is 7.52. The second-order valence-electron chi connectivity index (χ2n) is 7.52. The molecule has 0 saturated heterocycles. The number of carbonyl (C=O) groups is 3. The summed E-state index contributed by atoms with van der Waals surface area (Å²) >= 11 is 0. The van der Waals surface area contributed by atoms with Crippen LogP contribution in [0.4, 0.5) is 0 Å². The maximum absolute atomic E-state index is 12.4. The number of hydrogen-bond acceptors (Lipinski definition) is 5. The predicted molar refractivity (Wildman–Crippen MR) is 116 cm³/mol. The van der Waals surface area contributed by atoms with Gasteiger partial charge in [-0.15, -0.1) is 0 Å². The van der Waals surface area contributed by atoms with Crippen LogP contribution in [-0.4, -0.2) is 46.5 Å². The number of carbonyl (C=O) groups excluding carboxylic acids is 2. The summed E-state index contributed by atoms with van der Waals surface area (Å²) in [6.07, 6.45) is 8.80. The van der Waals surface area contributed by atoms with Gasteiger partial charge in [-0.3, -0.25) is 14.6 Å². The maximum Gasteiger partial charge on any atom is 0.326 e. The summed E-state index contributed by atoms with van der Waals surface area (Å²) in [5.41, 5.74) is 5.81. The second kappa shape index (κ2) is 15.4. The van der Waals surface area contributed by atoms with Gasteiger partial charge in [0.1, 0.15) is 11.7 Å². The van der Waals surface area contributed by atoms with E-state index >= 15 is 0 Å². The molecule has 1 heterocycles. The Hall–Kier alpha value is -2.48. The van der Waals surface area contributed by atoms with Crippen LogP contribution < -0.4 is 16.4 Å². The summed E-state index contributed by atoms with van der Waals surface area (Å²) in [7, 11) is 0. The standard InChI is InChI=1S/C22H36N4O4/c1-2-3-4-10-17(25-21(28)18-12-6-8-16-24-18)11-9-14-20(27)26-19(22(29)30)13-5-7-15-23/h6,8,12,16-17,19H,2-5,7,9-11,13-15,23H2,1H3,(H,25,28)(H,26,27)(H,29,30). The molecule has 1 aromatic heterocycles. The summed E-state index contributed by atoms with van der Waals surface area (Å²) in [4.78, 5) is 40.0. The van der Waals surface area contributed by atoms with Crippen LogP contribution in [0.1, 0.15) is 81.6 Å². The Morgan fingerprint density at radius 3 is 2.40 bits per heavy atom. The van der Waals surface area contributed by atoms with Gasteiger partial charge in [0.2, 0.25) is 5.91 Å². The molecule has 8 heteroatoms. The number of hydrogen-bond donors (Lipinski definition) is 4. The Kier molecular flexibility index (Phi) is 13.1. The maximum atomic E-state index is 12.4. The molecule has 2 unspecified atom stereocenters. The number of carboxylic acid groups (broad SMARTS) is 1. The van der Waals surface area contributed by atoms with Gasteiger partial charge >= 0.3 is 5.97 Å². The van der Waals surface area contributed by atoms with Crippen LogP contribution in [0.3, 0.4) is 0 Å². The number of aromatic nitrogens is 1. The zero-order valence-electron chi connectivity index (χ0n) is 17.9. The van der Waals surface area contributed by atoms with Crippen molar-refractivity contribution >= 4 is 17.8 Å². The average molecular weight is 421 g/mol. The summed E-state index contributed by atoms with van der Waals surface area (Å²) in [5, 5.41) is 14.9. The summed E-state index contributed by atoms with van der Waals surface area (Å²) in [6, 6.07) is 4.27. The van der Waals surface area contributed by atoms with E-state index in [0.717, 1.165) is 32.1 Å². The first-order chi connectivity index (χ1) is 14.5. The summed E-state index contributed by atoms with van der Waals surface area (Å²) in [5.74, 6) is -1.52. The lowest BCUT2D eigenvalue weighted by Crippen LogP contribution is -2.41. The van der Waals surface area contributed by atoms with Crippen molar-refractivity contribution in [3.05, 3.63) is 30.1 Å². The summed E-state index contributed by atoms with van der Waals surface area (Å²) < 4.78 is 0. The molecular formula is C22H36N4O4. The van der Waals surface area contributed by atoms with Gasteiger partial charge in [0.15, 0.2) is 0 Å². The van der Waals surface area contributed by atoms with Gasteiger partial charge in [-0.1, -0.05) is 32.3 Å². The van der Waals surface area contributed by atoms with E-state index in [1.807, 2.05) is 0 Å². The molecule has 30 heavy (non-hydrogen) atoms. The van der Waals surface area contributed by atoms with E-state index in [4.69, 9.17) is 5.73 Å². The van der Waals surface area contributed by atoms with Gasteiger partial charge in [0, 0.05) is 18.7 Å². The van der Waals surface area contributed by atoms with Crippen LogP contribution in [0.25, 0.3) is 0 Å². The van der Waals surface area contributed by atoms with Crippen molar-refractivity contribution < 1.29 is 19.5 Å². The topological polar surface area (TPSA) is 134 Å². The van der Waals surface area contributed by atoms with Gasteiger partial charge in [-0.2, -0.15) is 0 Å². The largest absolute Gasteiger partial charge is 0.480 e. The van der Waals surface area contributed by atoms with Gasteiger partial charge in [-0.25, -0.2) is 4.79 Å². The number of pyridine rings is 1. The lowest BCUT2D eigenvalue weighted by molar-refractivity contribution is -0.142. The fraction of sp³-hybridized carbons (Fsp3) is 0.636. The Labute approximate surface area is 179 Å². The van der Waals surface area contributed by atoms with Crippen LogP contribution in [0.5, 0.6) is 0 Å². The van der Waals surface area contributed by atoms with Crippen LogP contribution in [0.2, 0.25) is 0 Å². The lowest BCUT2D eigenvalue weighted by Gasteiger charge is -2.19. The number of amides is 2. The van der Waals surface area contributed by atoms with E-state index in [1.165, 1.54) is 0 Å². The van der Waals surface area contributed by atoms with E-state index in [1.54, 1.807) is 24.4 Å². The fourth-order valence-electron chi connectivity index (χ4n) is 3.21. The average Bonchev–Trinajstić information content (AvgIpc) is 2.73. The van der Waals surface area contributed by atoms with Gasteiger partial charge in [0.25, 0.3) is 5.91 Å². The SMILES string of the molecule is CCCCCC(CCCC(=O)NC(CCCCN)C(=O)O)NC(=O)c1ccccn1. The van der Waals surface area contributed by atoms with Crippen molar-refractivity contribution in [2.45, 2.75) is 83.2 Å². The highest BCUT2D eigenvalue weighted by Crippen LogP contribution is 2.11. The first-order valence-corrected chi connectivity index (χ1v) is 10.9. The third-order valence-corrected chi connectivity index (χ3v) is 4.93. The molecule has 168 valence electrons. The Morgan fingerprint density at radius 2 is 1.77 bits per heavy atom. The summed E-state index contributed by atoms with van der Waals surface area (Å²) in [6.45, 7) is 2.63. The minimum absolute atomic E-state index is 0.0429. The normalized spacial score (nSPS) is 12.7. The highest BCUT2D eigenvalue weighted by atomic mass is 16.4. The molecule has 0 aliphatic rings. The molecule has 0 saturated carbocycles. The Balaban J connectivity index is 2.49. The van der Waals surface area contributed by atoms with Crippen LogP contribution in [0, 0.1) is 0 Å². The van der Waals surface area contributed by atoms with E-state index in [-0.39, 0.29) is 24.3 Å². The zero-order chi connectivity index (χ0) is 22.2. The highest BCUT2D eigenvalue weighted by molar-refractivity contribution is 5.92. The number of nitrogens with zero attached hydrogens (tertiary/aromatic N) is 1. The van der Waals surface area contributed by atoms with Crippen molar-refractivity contribution in [2.75, 3.05) is 6.54 Å². The molecule has 2 amide bonds. The molecule has 0 bridgehead atoms. The monoisotopic (exact) mass is 420 g/mol. The molecular weight excluding hydrogens is 384 g/mol. The van der Waals surface area contributed by atoms with E-state index in [9.17, 15) is 19.5 Å². The molecule has 0 aliphatic heterocycles. The van der Waals surface area contributed by atoms with Gasteiger partial charge in [0.05, 0.1) is 0 Å². The van der Waals surface area contributed by atoms with Crippen LogP contribution in [-0.2, 0) is 9.59 Å². The third-order valence-electron chi connectivity index (χ3n) is 4.93. The number of nitrogens with one attached hydrogen (secondary N) is 2. The molecule has 0 fully saturated rings.